The van der Waals surface area contributed by atoms with Crippen LogP contribution in [0.3, 0.4) is 0 Å². The molecule has 0 spiro atoms. The topological polar surface area (TPSA) is 89.9 Å². The fourth-order valence-corrected chi connectivity index (χ4v) is 1.37. The van der Waals surface area contributed by atoms with Crippen molar-refractivity contribution >= 4 is 23.4 Å². The normalized spacial score (nSPS) is 12.0. The van der Waals surface area contributed by atoms with Crippen LogP contribution in [0.4, 0.5) is 0 Å². The molecule has 0 saturated carbocycles. The van der Waals surface area contributed by atoms with Gasteiger partial charge in [-0.2, -0.15) is 10.2 Å². The molecule has 0 aliphatic heterocycles. The van der Waals surface area contributed by atoms with Crippen LogP contribution in [-0.2, 0) is 0 Å². The number of fused-ring (bicyclic) bond motifs is 1. The Morgan fingerprint density at radius 1 is 1.07 bits per heavy atom. The van der Waals surface area contributed by atoms with E-state index in [1.807, 2.05) is 24.3 Å². The number of hydrogen-bond acceptors (Lipinski definition) is 5. The number of hydrazone groups is 2. The van der Waals surface area contributed by atoms with Gasteiger partial charge in [0.1, 0.15) is 11.3 Å². The third kappa shape index (κ3) is 1.80. The molecule has 76 valence electrons. The van der Waals surface area contributed by atoms with Crippen molar-refractivity contribution in [2.24, 2.45) is 21.9 Å². The van der Waals surface area contributed by atoms with E-state index >= 15 is 0 Å². The van der Waals surface area contributed by atoms with Gasteiger partial charge in [0.25, 0.3) is 0 Å². The zero-order valence-electron chi connectivity index (χ0n) is 7.92. The van der Waals surface area contributed by atoms with Crippen LogP contribution in [0.15, 0.2) is 38.9 Å². The van der Waals surface area contributed by atoms with Crippen molar-refractivity contribution in [3.05, 3.63) is 35.6 Å². The standard InChI is InChI=1S/C10H10N4O/c11-13-5-7-1-2-8-4-9(6-14-12)15-10(8)3-7/h1-6H,11-12H2/b13-5?,14-6+. The van der Waals surface area contributed by atoms with E-state index in [2.05, 4.69) is 10.2 Å². The van der Waals surface area contributed by atoms with Gasteiger partial charge in [0.2, 0.25) is 0 Å². The van der Waals surface area contributed by atoms with Crippen LogP contribution in [0.25, 0.3) is 11.0 Å². The highest BCUT2D eigenvalue weighted by atomic mass is 16.3. The first-order chi connectivity index (χ1) is 7.33. The van der Waals surface area contributed by atoms with Crippen molar-refractivity contribution in [1.29, 1.82) is 0 Å². The van der Waals surface area contributed by atoms with Crippen LogP contribution in [0, 0.1) is 0 Å². The summed E-state index contributed by atoms with van der Waals surface area (Å²) in [6.07, 6.45) is 3.01. The van der Waals surface area contributed by atoms with Gasteiger partial charge < -0.3 is 16.1 Å². The van der Waals surface area contributed by atoms with Crippen molar-refractivity contribution in [2.75, 3.05) is 0 Å². The van der Waals surface area contributed by atoms with Gasteiger partial charge in [-0.3, -0.25) is 0 Å². The van der Waals surface area contributed by atoms with Crippen molar-refractivity contribution in [2.45, 2.75) is 0 Å². The Hall–Kier alpha value is -2.30. The molecule has 0 unspecified atom stereocenters. The lowest BCUT2D eigenvalue weighted by atomic mass is 10.2. The lowest BCUT2D eigenvalue weighted by Gasteiger charge is -1.90. The minimum absolute atomic E-state index is 0.620. The predicted octanol–water partition coefficient (Wildman–Crippen LogP) is 1.02. The summed E-state index contributed by atoms with van der Waals surface area (Å²) in [6.45, 7) is 0. The first-order valence-electron chi connectivity index (χ1n) is 4.33. The average molecular weight is 202 g/mol. The van der Waals surface area contributed by atoms with Crippen LogP contribution in [-0.4, -0.2) is 12.4 Å². The van der Waals surface area contributed by atoms with Crippen molar-refractivity contribution < 1.29 is 4.42 Å². The largest absolute Gasteiger partial charge is 0.455 e. The van der Waals surface area contributed by atoms with Gasteiger partial charge in [0, 0.05) is 5.39 Å². The second kappa shape index (κ2) is 3.83. The number of rotatable bonds is 2. The number of nitrogens with zero attached hydrogens (tertiary/aromatic N) is 2. The highest BCUT2D eigenvalue weighted by molar-refractivity contribution is 5.91. The number of hydrogen-bond donors (Lipinski definition) is 2. The molecule has 0 radical (unpaired) electrons. The lowest BCUT2D eigenvalue weighted by Crippen LogP contribution is -1.84. The fourth-order valence-electron chi connectivity index (χ4n) is 1.37. The number of furan rings is 1. The Balaban J connectivity index is 2.51. The predicted molar refractivity (Wildman–Crippen MR) is 59.8 cm³/mol. The quantitative estimate of drug-likeness (QED) is 0.432. The molecule has 1 aromatic carbocycles. The molecule has 2 aromatic rings. The Morgan fingerprint density at radius 3 is 2.60 bits per heavy atom. The number of nitrogens with two attached hydrogens (primary N) is 2. The summed E-state index contributed by atoms with van der Waals surface area (Å²) in [5, 5.41) is 7.82. The fraction of sp³-hybridized carbons (Fsp3) is 0. The van der Waals surface area contributed by atoms with Gasteiger partial charge in [-0.25, -0.2) is 0 Å². The summed E-state index contributed by atoms with van der Waals surface area (Å²) in [6, 6.07) is 7.52. The summed E-state index contributed by atoms with van der Waals surface area (Å²) in [7, 11) is 0. The third-order valence-corrected chi connectivity index (χ3v) is 1.99. The minimum Gasteiger partial charge on any atom is -0.455 e. The van der Waals surface area contributed by atoms with Crippen LogP contribution >= 0.6 is 0 Å². The molecule has 0 amide bonds. The summed E-state index contributed by atoms with van der Waals surface area (Å²) in [4.78, 5) is 0. The van der Waals surface area contributed by atoms with Gasteiger partial charge in [0.15, 0.2) is 0 Å². The highest BCUT2D eigenvalue weighted by Crippen LogP contribution is 2.19. The van der Waals surface area contributed by atoms with E-state index in [0.717, 1.165) is 16.5 Å². The van der Waals surface area contributed by atoms with Crippen molar-refractivity contribution in [3.63, 3.8) is 0 Å². The minimum atomic E-state index is 0.620. The van der Waals surface area contributed by atoms with E-state index in [9.17, 15) is 0 Å². The van der Waals surface area contributed by atoms with Gasteiger partial charge in [0.05, 0.1) is 12.4 Å². The van der Waals surface area contributed by atoms with E-state index in [1.54, 1.807) is 6.21 Å². The second-order valence-corrected chi connectivity index (χ2v) is 3.00. The molecule has 1 heterocycles. The third-order valence-electron chi connectivity index (χ3n) is 1.99. The summed E-state index contributed by atoms with van der Waals surface area (Å²) in [5.41, 5.74) is 1.64. The Labute approximate surface area is 86.0 Å². The summed E-state index contributed by atoms with van der Waals surface area (Å²) >= 11 is 0. The molecule has 2 rings (SSSR count). The van der Waals surface area contributed by atoms with E-state index in [0.29, 0.717) is 5.76 Å². The van der Waals surface area contributed by atoms with Crippen LogP contribution in [0.5, 0.6) is 0 Å². The molecule has 0 saturated heterocycles. The molecule has 0 aliphatic carbocycles. The SMILES string of the molecule is NN=Cc1ccc2cc(/C=N/N)oc2c1. The summed E-state index contributed by atoms with van der Waals surface area (Å²) in [5.74, 6) is 10.7. The molecule has 5 nitrogen and oxygen atoms in total. The first kappa shape index (κ1) is 9.26. The lowest BCUT2D eigenvalue weighted by molar-refractivity contribution is 0.607. The van der Waals surface area contributed by atoms with Gasteiger partial charge >= 0.3 is 0 Å². The van der Waals surface area contributed by atoms with E-state index in [-0.39, 0.29) is 0 Å². The first-order valence-corrected chi connectivity index (χ1v) is 4.33. The maximum atomic E-state index is 5.46. The molecule has 15 heavy (non-hydrogen) atoms. The van der Waals surface area contributed by atoms with E-state index in [1.165, 1.54) is 6.21 Å². The molecule has 0 aliphatic rings. The molecule has 4 N–H and O–H groups in total. The van der Waals surface area contributed by atoms with Crippen LogP contribution in [0.2, 0.25) is 0 Å². The van der Waals surface area contributed by atoms with Crippen LogP contribution < -0.4 is 11.7 Å². The summed E-state index contributed by atoms with van der Waals surface area (Å²) < 4.78 is 5.46. The van der Waals surface area contributed by atoms with E-state index in [4.69, 9.17) is 16.1 Å². The molecular formula is C10H10N4O. The molecule has 1 aromatic heterocycles. The maximum absolute atomic E-state index is 5.46. The smallest absolute Gasteiger partial charge is 0.148 e. The van der Waals surface area contributed by atoms with Gasteiger partial charge in [-0.1, -0.05) is 12.1 Å². The second-order valence-electron chi connectivity index (χ2n) is 3.00. The zero-order valence-corrected chi connectivity index (χ0v) is 7.92. The number of benzene rings is 1. The van der Waals surface area contributed by atoms with E-state index < -0.39 is 0 Å². The molecule has 0 bridgehead atoms. The van der Waals surface area contributed by atoms with Gasteiger partial charge in [-0.05, 0) is 17.7 Å². The molecule has 0 fully saturated rings. The molecule has 0 atom stereocenters. The van der Waals surface area contributed by atoms with Crippen LogP contribution in [0.1, 0.15) is 11.3 Å². The molecule has 5 heteroatoms. The molecular weight excluding hydrogens is 192 g/mol. The van der Waals surface area contributed by atoms with Crippen molar-refractivity contribution in [1.82, 2.24) is 0 Å². The zero-order chi connectivity index (χ0) is 10.7. The maximum Gasteiger partial charge on any atom is 0.148 e. The Bertz CT molecular complexity index is 517. The monoisotopic (exact) mass is 202 g/mol. The average Bonchev–Trinajstić information content (AvgIpc) is 2.60. The highest BCUT2D eigenvalue weighted by Gasteiger charge is 2.01. The Kier molecular flexibility index (Phi) is 2.37. The Morgan fingerprint density at radius 2 is 1.87 bits per heavy atom. The van der Waals surface area contributed by atoms with Crippen molar-refractivity contribution in [3.8, 4) is 0 Å². The van der Waals surface area contributed by atoms with Gasteiger partial charge in [-0.15, -0.1) is 0 Å².